The molecule has 0 spiro atoms. The van der Waals surface area contributed by atoms with Gasteiger partial charge in [0.05, 0.1) is 19.4 Å². The van der Waals surface area contributed by atoms with Gasteiger partial charge >= 0.3 is 5.97 Å². The number of rotatable bonds is 4. The largest absolute Gasteiger partial charge is 0.512 e. The highest BCUT2D eigenvalue weighted by atomic mass is 16.8. The fourth-order valence-corrected chi connectivity index (χ4v) is 2.76. The Morgan fingerprint density at radius 1 is 1.32 bits per heavy atom. The number of allylic oxidation sites excluding steroid dienone is 1. The van der Waals surface area contributed by atoms with Crippen molar-refractivity contribution < 1.29 is 34.0 Å². The zero-order valence-electron chi connectivity index (χ0n) is 13.0. The number of carbonyl (C=O) groups is 1. The van der Waals surface area contributed by atoms with Gasteiger partial charge < -0.3 is 34.6 Å². The van der Waals surface area contributed by atoms with Crippen LogP contribution in [-0.2, 0) is 23.7 Å². The van der Waals surface area contributed by atoms with Gasteiger partial charge in [-0.3, -0.25) is 0 Å². The van der Waals surface area contributed by atoms with Crippen molar-refractivity contribution in [1.82, 2.24) is 0 Å². The van der Waals surface area contributed by atoms with Crippen molar-refractivity contribution in [2.45, 2.75) is 51.0 Å². The van der Waals surface area contributed by atoms with Crippen LogP contribution in [0, 0.1) is 5.41 Å². The van der Waals surface area contributed by atoms with Gasteiger partial charge in [-0.05, 0) is 20.8 Å². The molecule has 0 radical (unpaired) electrons. The molecule has 2 aliphatic heterocycles. The average molecular weight is 315 g/mol. The second-order valence-electron chi connectivity index (χ2n) is 5.71. The van der Waals surface area contributed by atoms with E-state index in [9.17, 15) is 15.0 Å². The van der Waals surface area contributed by atoms with E-state index in [0.717, 1.165) is 7.11 Å². The summed E-state index contributed by atoms with van der Waals surface area (Å²) < 4.78 is 21.6. The zero-order chi connectivity index (χ0) is 16.7. The average Bonchev–Trinajstić information content (AvgIpc) is 2.90. The Hall–Kier alpha value is -1.48. The summed E-state index contributed by atoms with van der Waals surface area (Å²) in [4.78, 5) is 11.8. The number of nitrogens with one attached hydrogen (secondary N) is 1. The second kappa shape index (κ2) is 5.96. The first kappa shape index (κ1) is 16.9. The van der Waals surface area contributed by atoms with Crippen molar-refractivity contribution in [2.24, 2.45) is 0 Å². The van der Waals surface area contributed by atoms with E-state index < -0.39 is 36.2 Å². The Morgan fingerprint density at radius 3 is 2.41 bits per heavy atom. The maximum absolute atomic E-state index is 11.8. The minimum absolute atomic E-state index is 0.265. The lowest BCUT2D eigenvalue weighted by Gasteiger charge is -2.24. The molecule has 2 saturated heterocycles. The molecular weight excluding hydrogens is 294 g/mol. The lowest BCUT2D eigenvalue weighted by molar-refractivity contribution is -0.183. The third kappa shape index (κ3) is 2.87. The van der Waals surface area contributed by atoms with Crippen molar-refractivity contribution in [2.75, 3.05) is 13.7 Å². The van der Waals surface area contributed by atoms with Crippen LogP contribution in [0.3, 0.4) is 0 Å². The van der Waals surface area contributed by atoms with E-state index in [1.54, 1.807) is 13.8 Å². The number of aliphatic hydroxyl groups is 2. The molecule has 8 heteroatoms. The number of aliphatic hydroxyl groups excluding tert-OH is 2. The third-order valence-corrected chi connectivity index (χ3v) is 3.63. The van der Waals surface area contributed by atoms with E-state index in [1.165, 1.54) is 6.92 Å². The Labute approximate surface area is 128 Å². The normalized spacial score (nSPS) is 34.0. The molecule has 2 rings (SSSR count). The third-order valence-electron chi connectivity index (χ3n) is 3.63. The molecule has 0 aromatic carbocycles. The number of ether oxygens (including phenoxy) is 4. The highest BCUT2D eigenvalue weighted by molar-refractivity contribution is 6.20. The highest BCUT2D eigenvalue weighted by Crippen LogP contribution is 2.39. The van der Waals surface area contributed by atoms with E-state index in [4.69, 9.17) is 19.6 Å². The Kier molecular flexibility index (Phi) is 4.57. The van der Waals surface area contributed by atoms with Crippen molar-refractivity contribution in [1.29, 1.82) is 5.41 Å². The zero-order valence-corrected chi connectivity index (χ0v) is 13.0. The maximum Gasteiger partial charge on any atom is 0.343 e. The number of esters is 1. The Morgan fingerprint density at radius 2 is 1.91 bits per heavy atom. The predicted octanol–water partition coefficient (Wildman–Crippen LogP) is 0.291. The molecule has 4 atom stereocenters. The van der Waals surface area contributed by atoms with Gasteiger partial charge in [0.2, 0.25) is 0 Å². The molecular formula is C14H21NO7. The molecule has 0 amide bonds. The summed E-state index contributed by atoms with van der Waals surface area (Å²) >= 11 is 0. The van der Waals surface area contributed by atoms with E-state index in [1.807, 2.05) is 0 Å². The van der Waals surface area contributed by atoms with Crippen LogP contribution in [0.5, 0.6) is 0 Å². The lowest BCUT2D eigenvalue weighted by atomic mass is 9.98. The van der Waals surface area contributed by atoms with E-state index >= 15 is 0 Å². The van der Waals surface area contributed by atoms with Crippen LogP contribution < -0.4 is 0 Å². The molecule has 3 N–H and O–H groups in total. The standard InChI is InChI=1S/C14H21NO7/c1-6(17)8(13(18)19-4)9(15)11-12-10(7(5-16)20-11)21-14(2,3)22-12/h7,10-12,15-17H,5H2,1-4H3/b8-6+,15-9?/t7-,10-,11+,12-/m1/s1. The van der Waals surface area contributed by atoms with Crippen LogP contribution in [0.25, 0.3) is 0 Å². The molecule has 124 valence electrons. The monoisotopic (exact) mass is 315 g/mol. The Bertz CT molecular complexity index is 509. The van der Waals surface area contributed by atoms with Gasteiger partial charge in [-0.1, -0.05) is 0 Å². The fourth-order valence-electron chi connectivity index (χ4n) is 2.76. The van der Waals surface area contributed by atoms with E-state index in [0.29, 0.717) is 0 Å². The SMILES string of the molecule is COC(=O)/C(C(=N)[C@@H]1O[C@H](CO)[C@H]2OC(C)(C)O[C@H]21)=C(\C)O. The number of fused-ring (bicyclic) bond motifs is 1. The molecule has 0 aromatic rings. The molecule has 8 nitrogen and oxygen atoms in total. The molecule has 0 aromatic heterocycles. The molecule has 2 heterocycles. The molecule has 0 aliphatic carbocycles. The van der Waals surface area contributed by atoms with Crippen LogP contribution in [0.15, 0.2) is 11.3 Å². The number of methoxy groups -OCH3 is 1. The van der Waals surface area contributed by atoms with Crippen LogP contribution >= 0.6 is 0 Å². The topological polar surface area (TPSA) is 118 Å². The summed E-state index contributed by atoms with van der Waals surface area (Å²) in [6, 6.07) is 0. The van der Waals surface area contributed by atoms with Gasteiger partial charge in [0.1, 0.15) is 35.7 Å². The first-order chi connectivity index (χ1) is 10.2. The molecule has 0 saturated carbocycles. The minimum Gasteiger partial charge on any atom is -0.512 e. The molecule has 2 aliphatic rings. The maximum atomic E-state index is 11.8. The van der Waals surface area contributed by atoms with Gasteiger partial charge in [0.25, 0.3) is 0 Å². The fraction of sp³-hybridized carbons (Fsp3) is 0.714. The smallest absolute Gasteiger partial charge is 0.343 e. The van der Waals surface area contributed by atoms with Crippen molar-refractivity contribution in [3.63, 3.8) is 0 Å². The van der Waals surface area contributed by atoms with Crippen LogP contribution in [0.2, 0.25) is 0 Å². The summed E-state index contributed by atoms with van der Waals surface area (Å²) in [7, 11) is 1.16. The lowest BCUT2D eigenvalue weighted by Crippen LogP contribution is -2.38. The van der Waals surface area contributed by atoms with E-state index in [-0.39, 0.29) is 23.7 Å². The van der Waals surface area contributed by atoms with Gasteiger partial charge in [-0.2, -0.15) is 0 Å². The van der Waals surface area contributed by atoms with Gasteiger partial charge in [-0.15, -0.1) is 0 Å². The Balaban J connectivity index is 2.30. The van der Waals surface area contributed by atoms with Crippen LogP contribution in [0.1, 0.15) is 20.8 Å². The first-order valence-corrected chi connectivity index (χ1v) is 6.90. The van der Waals surface area contributed by atoms with Crippen molar-refractivity contribution >= 4 is 11.7 Å². The summed E-state index contributed by atoms with van der Waals surface area (Å²) in [6.45, 7) is 4.41. The van der Waals surface area contributed by atoms with Crippen molar-refractivity contribution in [3.05, 3.63) is 11.3 Å². The molecule has 0 unspecified atom stereocenters. The van der Waals surface area contributed by atoms with Crippen molar-refractivity contribution in [3.8, 4) is 0 Å². The van der Waals surface area contributed by atoms with E-state index in [2.05, 4.69) is 4.74 Å². The summed E-state index contributed by atoms with van der Waals surface area (Å²) in [5.41, 5.74) is -0.544. The van der Waals surface area contributed by atoms with Crippen LogP contribution in [0.4, 0.5) is 0 Å². The number of hydrogen-bond acceptors (Lipinski definition) is 8. The predicted molar refractivity (Wildman–Crippen MR) is 74.6 cm³/mol. The van der Waals surface area contributed by atoms with Gasteiger partial charge in [-0.25, -0.2) is 4.79 Å². The summed E-state index contributed by atoms with van der Waals surface area (Å²) in [5.74, 6) is -2.06. The van der Waals surface area contributed by atoms with Gasteiger partial charge in [0.15, 0.2) is 5.79 Å². The minimum atomic E-state index is -0.944. The number of hydrogen-bond donors (Lipinski definition) is 3. The summed E-state index contributed by atoms with van der Waals surface area (Å²) in [5, 5.41) is 27.3. The van der Waals surface area contributed by atoms with Crippen LogP contribution in [-0.4, -0.2) is 65.8 Å². The molecule has 0 bridgehead atoms. The number of carbonyl (C=O) groups excluding carboxylic acids is 1. The molecule has 2 fully saturated rings. The highest BCUT2D eigenvalue weighted by Gasteiger charge is 2.56. The first-order valence-electron chi connectivity index (χ1n) is 6.90. The second-order valence-corrected chi connectivity index (χ2v) is 5.71. The summed E-state index contributed by atoms with van der Waals surface area (Å²) in [6.07, 6.45) is -2.82. The molecule has 22 heavy (non-hydrogen) atoms. The quantitative estimate of drug-likeness (QED) is 0.295. The van der Waals surface area contributed by atoms with Gasteiger partial charge in [0, 0.05) is 0 Å².